The number of hydrogen-bond acceptors (Lipinski definition) is 4. The van der Waals surface area contributed by atoms with Crippen LogP contribution in [-0.2, 0) is 14.3 Å². The Labute approximate surface area is 109 Å². The molecule has 2 atom stereocenters. The Bertz CT molecular complexity index is 283. The van der Waals surface area contributed by atoms with Crippen molar-refractivity contribution < 1.29 is 14.3 Å². The van der Waals surface area contributed by atoms with Crippen LogP contribution in [0.15, 0.2) is 0 Å². The second kappa shape index (κ2) is 6.50. The second-order valence-corrected chi connectivity index (χ2v) is 5.58. The Balaban J connectivity index is 1.67. The van der Waals surface area contributed by atoms with Gasteiger partial charge in [-0.15, -0.1) is 0 Å². The zero-order chi connectivity index (χ0) is 13.0. The smallest absolute Gasteiger partial charge is 0.246 e. The molecular weight excluding hydrogens is 232 g/mol. The lowest BCUT2D eigenvalue weighted by Crippen LogP contribution is -2.60. The number of ether oxygens (including phenoxy) is 2. The first kappa shape index (κ1) is 13.8. The molecule has 2 rings (SSSR count). The summed E-state index contributed by atoms with van der Waals surface area (Å²) in [4.78, 5) is 13.6. The molecule has 2 aliphatic rings. The highest BCUT2D eigenvalue weighted by atomic mass is 16.5. The first-order chi connectivity index (χ1) is 8.65. The van der Waals surface area contributed by atoms with Crippen molar-refractivity contribution in [2.24, 2.45) is 5.92 Å². The van der Waals surface area contributed by atoms with Gasteiger partial charge in [0, 0.05) is 26.2 Å². The summed E-state index contributed by atoms with van der Waals surface area (Å²) in [5.74, 6) is 0.593. The molecule has 5 heteroatoms. The fraction of sp³-hybridized carbons (Fsp3) is 0.923. The van der Waals surface area contributed by atoms with E-state index >= 15 is 0 Å². The van der Waals surface area contributed by atoms with Crippen LogP contribution in [0.4, 0.5) is 0 Å². The number of fused-ring (bicyclic) bond motifs is 1. The van der Waals surface area contributed by atoms with Crippen LogP contribution in [0.2, 0.25) is 0 Å². The molecule has 0 unspecified atom stereocenters. The van der Waals surface area contributed by atoms with Crippen LogP contribution in [-0.4, -0.2) is 62.4 Å². The van der Waals surface area contributed by atoms with Crippen LogP contribution in [0.25, 0.3) is 0 Å². The van der Waals surface area contributed by atoms with Crippen molar-refractivity contribution >= 4 is 5.91 Å². The topological polar surface area (TPSA) is 50.8 Å². The SMILES string of the molecule is CC(C)COCCN1CC[C@H]2OCC(=O)N[C@@H]2C1. The van der Waals surface area contributed by atoms with E-state index in [4.69, 9.17) is 9.47 Å². The molecular formula is C13H24N2O3. The van der Waals surface area contributed by atoms with Crippen LogP contribution < -0.4 is 5.32 Å². The van der Waals surface area contributed by atoms with Crippen molar-refractivity contribution in [3.8, 4) is 0 Å². The van der Waals surface area contributed by atoms with E-state index < -0.39 is 0 Å². The van der Waals surface area contributed by atoms with Gasteiger partial charge in [0.15, 0.2) is 0 Å². The van der Waals surface area contributed by atoms with Gasteiger partial charge in [0.25, 0.3) is 0 Å². The molecule has 2 saturated heterocycles. The number of amides is 1. The van der Waals surface area contributed by atoms with Crippen molar-refractivity contribution in [1.29, 1.82) is 0 Å². The number of nitrogens with one attached hydrogen (secondary N) is 1. The number of hydrogen-bond donors (Lipinski definition) is 1. The summed E-state index contributed by atoms with van der Waals surface area (Å²) in [5, 5.41) is 3.01. The number of nitrogens with zero attached hydrogens (tertiary/aromatic N) is 1. The maximum Gasteiger partial charge on any atom is 0.246 e. The van der Waals surface area contributed by atoms with E-state index in [-0.39, 0.29) is 24.7 Å². The number of morpholine rings is 1. The minimum Gasteiger partial charge on any atom is -0.380 e. The lowest BCUT2D eigenvalue weighted by Gasteiger charge is -2.41. The molecule has 0 aliphatic carbocycles. The van der Waals surface area contributed by atoms with Gasteiger partial charge < -0.3 is 14.8 Å². The monoisotopic (exact) mass is 256 g/mol. The van der Waals surface area contributed by atoms with Gasteiger partial charge in [0.05, 0.1) is 18.8 Å². The highest BCUT2D eigenvalue weighted by Gasteiger charge is 2.34. The minimum absolute atomic E-state index is 0.00848. The van der Waals surface area contributed by atoms with Crippen molar-refractivity contribution in [2.75, 3.05) is 39.5 Å². The molecule has 5 nitrogen and oxygen atoms in total. The van der Waals surface area contributed by atoms with Crippen LogP contribution in [0, 0.1) is 5.92 Å². The molecule has 0 aromatic rings. The molecule has 0 aromatic heterocycles. The van der Waals surface area contributed by atoms with Gasteiger partial charge in [-0.2, -0.15) is 0 Å². The summed E-state index contributed by atoms with van der Waals surface area (Å²) in [5.41, 5.74) is 0. The van der Waals surface area contributed by atoms with Crippen LogP contribution in [0.1, 0.15) is 20.3 Å². The predicted octanol–water partition coefficient (Wildman–Crippen LogP) is 0.248. The number of carbonyl (C=O) groups is 1. The molecule has 2 heterocycles. The molecule has 0 saturated carbocycles. The molecule has 1 N–H and O–H groups in total. The highest BCUT2D eigenvalue weighted by molar-refractivity contribution is 5.78. The van der Waals surface area contributed by atoms with Gasteiger partial charge in [0.1, 0.15) is 6.61 Å². The molecule has 2 aliphatic heterocycles. The van der Waals surface area contributed by atoms with Gasteiger partial charge in [-0.3, -0.25) is 9.69 Å². The second-order valence-electron chi connectivity index (χ2n) is 5.58. The maximum absolute atomic E-state index is 11.3. The Morgan fingerprint density at radius 2 is 2.39 bits per heavy atom. The molecule has 0 radical (unpaired) electrons. The zero-order valence-corrected chi connectivity index (χ0v) is 11.4. The third-order valence-corrected chi connectivity index (χ3v) is 3.41. The number of rotatable bonds is 5. The van der Waals surface area contributed by atoms with Gasteiger partial charge in [-0.25, -0.2) is 0 Å². The van der Waals surface area contributed by atoms with Gasteiger partial charge in [0.2, 0.25) is 5.91 Å². The molecule has 0 bridgehead atoms. The summed E-state index contributed by atoms with van der Waals surface area (Å²) in [6, 6.07) is 0.157. The Morgan fingerprint density at radius 3 is 3.17 bits per heavy atom. The largest absolute Gasteiger partial charge is 0.380 e. The summed E-state index contributed by atoms with van der Waals surface area (Å²) >= 11 is 0. The Kier molecular flexibility index (Phi) is 4.97. The van der Waals surface area contributed by atoms with E-state index in [9.17, 15) is 4.79 Å². The minimum atomic E-state index is 0.00848. The lowest BCUT2D eigenvalue weighted by molar-refractivity contribution is -0.140. The average molecular weight is 256 g/mol. The summed E-state index contributed by atoms with van der Waals surface area (Å²) in [6.45, 7) is 8.96. The zero-order valence-electron chi connectivity index (χ0n) is 11.4. The van der Waals surface area contributed by atoms with Crippen LogP contribution in [0.3, 0.4) is 0 Å². The van der Waals surface area contributed by atoms with Gasteiger partial charge in [-0.1, -0.05) is 13.8 Å². The van der Waals surface area contributed by atoms with Gasteiger partial charge >= 0.3 is 0 Å². The quantitative estimate of drug-likeness (QED) is 0.716. The van der Waals surface area contributed by atoms with Crippen molar-refractivity contribution in [2.45, 2.75) is 32.4 Å². The van der Waals surface area contributed by atoms with Crippen molar-refractivity contribution in [1.82, 2.24) is 10.2 Å². The van der Waals surface area contributed by atoms with Crippen LogP contribution >= 0.6 is 0 Å². The fourth-order valence-corrected chi connectivity index (χ4v) is 2.48. The Morgan fingerprint density at radius 1 is 1.56 bits per heavy atom. The van der Waals surface area contributed by atoms with Crippen LogP contribution in [0.5, 0.6) is 0 Å². The van der Waals surface area contributed by atoms with Crippen molar-refractivity contribution in [3.05, 3.63) is 0 Å². The van der Waals surface area contributed by atoms with E-state index in [1.54, 1.807) is 0 Å². The summed E-state index contributed by atoms with van der Waals surface area (Å²) in [7, 11) is 0. The average Bonchev–Trinajstić information content (AvgIpc) is 2.34. The predicted molar refractivity (Wildman–Crippen MR) is 68.4 cm³/mol. The van der Waals surface area contributed by atoms with Crippen molar-refractivity contribution in [3.63, 3.8) is 0 Å². The summed E-state index contributed by atoms with van der Waals surface area (Å²) in [6.07, 6.45) is 1.20. The van der Waals surface area contributed by atoms with E-state index in [0.717, 1.165) is 39.3 Å². The van der Waals surface area contributed by atoms with E-state index in [1.807, 2.05) is 0 Å². The third kappa shape index (κ3) is 3.93. The number of likely N-dealkylation sites (tertiary alicyclic amines) is 1. The molecule has 0 spiro atoms. The normalized spacial score (nSPS) is 29.2. The molecule has 18 heavy (non-hydrogen) atoms. The maximum atomic E-state index is 11.3. The standard InChI is InChI=1S/C13H24N2O3/c1-10(2)8-17-6-5-15-4-3-12-11(7-15)14-13(16)9-18-12/h10-12H,3-9H2,1-2H3,(H,14,16)/t11-,12-/m1/s1. The molecule has 1 amide bonds. The van der Waals surface area contributed by atoms with E-state index in [0.29, 0.717) is 5.92 Å². The lowest BCUT2D eigenvalue weighted by atomic mass is 10.0. The first-order valence-electron chi connectivity index (χ1n) is 6.86. The highest BCUT2D eigenvalue weighted by Crippen LogP contribution is 2.17. The third-order valence-electron chi connectivity index (χ3n) is 3.41. The molecule has 0 aromatic carbocycles. The fourth-order valence-electron chi connectivity index (χ4n) is 2.48. The summed E-state index contributed by atoms with van der Waals surface area (Å²) < 4.78 is 11.1. The molecule has 104 valence electrons. The Hall–Kier alpha value is -0.650. The number of piperidine rings is 1. The van der Waals surface area contributed by atoms with E-state index in [1.165, 1.54) is 0 Å². The molecule has 2 fully saturated rings. The number of carbonyl (C=O) groups excluding carboxylic acids is 1. The first-order valence-corrected chi connectivity index (χ1v) is 6.86. The van der Waals surface area contributed by atoms with E-state index in [2.05, 4.69) is 24.1 Å². The van der Waals surface area contributed by atoms with Gasteiger partial charge in [-0.05, 0) is 12.3 Å².